The van der Waals surface area contributed by atoms with E-state index in [0.29, 0.717) is 0 Å². The molecule has 0 heterocycles. The smallest absolute Gasteiger partial charge is 0.321 e. The molecule has 0 saturated heterocycles. The van der Waals surface area contributed by atoms with Gasteiger partial charge in [0.05, 0.1) is 11.6 Å². The highest BCUT2D eigenvalue weighted by Crippen LogP contribution is 2.27. The Morgan fingerprint density at radius 2 is 2.00 bits per heavy atom. The Morgan fingerprint density at radius 3 is 2.58 bits per heavy atom. The molecule has 19 heavy (non-hydrogen) atoms. The second-order valence-electron chi connectivity index (χ2n) is 3.64. The Balaban J connectivity index is 3.03. The molecule has 0 N–H and O–H groups in total. The van der Waals surface area contributed by atoms with Gasteiger partial charge in [0.2, 0.25) is 10.0 Å². The molecule has 0 amide bonds. The third kappa shape index (κ3) is 4.07. The summed E-state index contributed by atoms with van der Waals surface area (Å²) in [7, 11) is -2.62. The number of benzene rings is 1. The van der Waals surface area contributed by atoms with E-state index in [2.05, 4.69) is 0 Å². The Hall–Kier alpha value is -0.820. The molecule has 1 aromatic carbocycles. The summed E-state index contributed by atoms with van der Waals surface area (Å²) >= 11 is 11.6. The van der Waals surface area contributed by atoms with Crippen LogP contribution in [0.4, 0.5) is 0 Å². The van der Waals surface area contributed by atoms with Gasteiger partial charge in [-0.3, -0.25) is 4.79 Å². The van der Waals surface area contributed by atoms with E-state index in [1.54, 1.807) is 6.92 Å². The summed E-state index contributed by atoms with van der Waals surface area (Å²) in [6.07, 6.45) is 0. The number of hydrogen-bond donors (Lipinski definition) is 0. The zero-order valence-corrected chi connectivity index (χ0v) is 12.7. The highest BCUT2D eigenvalue weighted by atomic mass is 35.5. The Kier molecular flexibility index (Phi) is 5.61. The molecule has 0 unspecified atom stereocenters. The largest absolute Gasteiger partial charge is 0.465 e. The monoisotopic (exact) mass is 325 g/mol. The summed E-state index contributed by atoms with van der Waals surface area (Å²) in [6.45, 7) is 1.43. The third-order valence-corrected chi connectivity index (χ3v) is 4.76. The van der Waals surface area contributed by atoms with Crippen molar-refractivity contribution in [3.05, 3.63) is 28.2 Å². The zero-order chi connectivity index (χ0) is 14.6. The number of hydrogen-bond acceptors (Lipinski definition) is 4. The number of ether oxygens (including phenoxy) is 1. The fourth-order valence-corrected chi connectivity index (χ4v) is 3.16. The summed E-state index contributed by atoms with van der Waals surface area (Å²) in [5.74, 6) is -0.633. The van der Waals surface area contributed by atoms with Gasteiger partial charge in [0.1, 0.15) is 11.4 Å². The molecule has 0 spiro atoms. The van der Waals surface area contributed by atoms with Gasteiger partial charge >= 0.3 is 5.97 Å². The highest BCUT2D eigenvalue weighted by molar-refractivity contribution is 7.89. The lowest BCUT2D eigenvalue weighted by molar-refractivity contribution is -0.143. The molecule has 0 saturated carbocycles. The lowest BCUT2D eigenvalue weighted by Crippen LogP contribution is -2.33. The van der Waals surface area contributed by atoms with Gasteiger partial charge in [-0.25, -0.2) is 8.42 Å². The SMILES string of the molecule is CCOC(=O)CN(C)S(=O)(=O)c1cc(Cl)ccc1Cl. The van der Waals surface area contributed by atoms with E-state index in [1.807, 2.05) is 0 Å². The topological polar surface area (TPSA) is 63.7 Å². The van der Waals surface area contributed by atoms with Gasteiger partial charge in [-0.05, 0) is 25.1 Å². The summed E-state index contributed by atoms with van der Waals surface area (Å²) in [4.78, 5) is 11.2. The molecule has 0 aliphatic rings. The number of nitrogens with zero attached hydrogens (tertiary/aromatic N) is 1. The summed E-state index contributed by atoms with van der Waals surface area (Å²) in [5, 5.41) is 0.285. The molecule has 0 aliphatic carbocycles. The fourth-order valence-electron chi connectivity index (χ4n) is 1.32. The van der Waals surface area contributed by atoms with Gasteiger partial charge in [0.25, 0.3) is 0 Å². The first-order valence-corrected chi connectivity index (χ1v) is 7.55. The molecule has 0 radical (unpaired) electrons. The minimum atomic E-state index is -3.89. The van der Waals surface area contributed by atoms with Crippen LogP contribution in [0, 0.1) is 0 Å². The van der Waals surface area contributed by atoms with E-state index in [4.69, 9.17) is 27.9 Å². The lowest BCUT2D eigenvalue weighted by Gasteiger charge is -2.17. The predicted octanol–water partition coefficient (Wildman–Crippen LogP) is 2.18. The molecule has 0 bridgehead atoms. The Bertz CT molecular complexity index is 574. The van der Waals surface area contributed by atoms with Crippen molar-refractivity contribution in [1.29, 1.82) is 0 Å². The Morgan fingerprint density at radius 1 is 1.37 bits per heavy atom. The number of sulfonamides is 1. The molecule has 0 atom stereocenters. The van der Waals surface area contributed by atoms with E-state index < -0.39 is 16.0 Å². The quantitative estimate of drug-likeness (QED) is 0.778. The van der Waals surface area contributed by atoms with E-state index in [1.165, 1.54) is 25.2 Å². The van der Waals surface area contributed by atoms with Crippen LogP contribution in [0.2, 0.25) is 10.0 Å². The minimum absolute atomic E-state index is 0.0418. The van der Waals surface area contributed by atoms with Gasteiger partial charge in [-0.2, -0.15) is 4.31 Å². The van der Waals surface area contributed by atoms with Gasteiger partial charge in [0, 0.05) is 12.1 Å². The second kappa shape index (κ2) is 6.56. The maximum absolute atomic E-state index is 12.2. The molecule has 5 nitrogen and oxygen atoms in total. The first kappa shape index (κ1) is 16.2. The average molecular weight is 326 g/mol. The van der Waals surface area contributed by atoms with Gasteiger partial charge in [-0.15, -0.1) is 0 Å². The van der Waals surface area contributed by atoms with Crippen LogP contribution in [0.3, 0.4) is 0 Å². The second-order valence-corrected chi connectivity index (χ2v) is 6.50. The lowest BCUT2D eigenvalue weighted by atomic mass is 10.4. The van der Waals surface area contributed by atoms with Crippen LogP contribution in [0.5, 0.6) is 0 Å². The van der Waals surface area contributed by atoms with Crippen molar-refractivity contribution in [3.8, 4) is 0 Å². The van der Waals surface area contributed by atoms with Gasteiger partial charge in [-0.1, -0.05) is 23.2 Å². The first-order valence-electron chi connectivity index (χ1n) is 5.36. The van der Waals surface area contributed by atoms with Crippen molar-refractivity contribution < 1.29 is 17.9 Å². The van der Waals surface area contributed by atoms with E-state index in [9.17, 15) is 13.2 Å². The van der Waals surface area contributed by atoms with E-state index in [0.717, 1.165) is 4.31 Å². The van der Waals surface area contributed by atoms with Crippen LogP contribution >= 0.6 is 23.2 Å². The molecule has 8 heteroatoms. The normalized spacial score (nSPS) is 11.6. The summed E-state index contributed by atoms with van der Waals surface area (Å²) in [5.41, 5.74) is 0. The highest BCUT2D eigenvalue weighted by Gasteiger charge is 2.26. The standard InChI is InChI=1S/C11H13Cl2NO4S/c1-3-18-11(15)7-14(2)19(16,17)10-6-8(12)4-5-9(10)13/h4-6H,3,7H2,1-2H3. The molecular formula is C11H13Cl2NO4S. The van der Waals surface area contributed by atoms with Crippen LogP contribution in [0.1, 0.15) is 6.92 Å². The van der Waals surface area contributed by atoms with E-state index in [-0.39, 0.29) is 28.1 Å². The van der Waals surface area contributed by atoms with Crippen molar-refractivity contribution in [2.45, 2.75) is 11.8 Å². The van der Waals surface area contributed by atoms with E-state index >= 15 is 0 Å². The van der Waals surface area contributed by atoms with Crippen molar-refractivity contribution in [1.82, 2.24) is 4.31 Å². The number of esters is 1. The van der Waals surface area contributed by atoms with Crippen LogP contribution < -0.4 is 0 Å². The third-order valence-electron chi connectivity index (χ3n) is 2.24. The molecule has 0 aromatic heterocycles. The van der Waals surface area contributed by atoms with Gasteiger partial charge in [0.15, 0.2) is 0 Å². The molecular weight excluding hydrogens is 313 g/mol. The van der Waals surface area contributed by atoms with Gasteiger partial charge < -0.3 is 4.74 Å². The zero-order valence-electron chi connectivity index (χ0n) is 10.4. The number of rotatable bonds is 5. The molecule has 1 rings (SSSR count). The number of carbonyl (C=O) groups excluding carboxylic acids is 1. The molecule has 1 aromatic rings. The van der Waals surface area contributed by atoms with Crippen molar-refractivity contribution >= 4 is 39.2 Å². The van der Waals surface area contributed by atoms with Crippen LogP contribution in [-0.2, 0) is 19.6 Å². The Labute approximate surface area is 122 Å². The minimum Gasteiger partial charge on any atom is -0.465 e. The number of likely N-dealkylation sites (N-methyl/N-ethyl adjacent to an activating group) is 1. The predicted molar refractivity (Wildman–Crippen MR) is 72.9 cm³/mol. The molecule has 0 aliphatic heterocycles. The maximum Gasteiger partial charge on any atom is 0.321 e. The maximum atomic E-state index is 12.2. The molecule has 106 valence electrons. The fraction of sp³-hybridized carbons (Fsp3) is 0.364. The van der Waals surface area contributed by atoms with Crippen LogP contribution in [-0.4, -0.2) is 38.9 Å². The summed E-state index contributed by atoms with van der Waals surface area (Å²) in [6, 6.07) is 4.10. The van der Waals surface area contributed by atoms with Crippen molar-refractivity contribution in [2.75, 3.05) is 20.2 Å². The summed E-state index contributed by atoms with van der Waals surface area (Å²) < 4.78 is 30.0. The number of carbonyl (C=O) groups is 1. The van der Waals surface area contributed by atoms with Crippen LogP contribution in [0.15, 0.2) is 23.1 Å². The number of halogens is 2. The first-order chi connectivity index (χ1) is 8.78. The van der Waals surface area contributed by atoms with Crippen LogP contribution in [0.25, 0.3) is 0 Å². The van der Waals surface area contributed by atoms with Crippen molar-refractivity contribution in [3.63, 3.8) is 0 Å². The van der Waals surface area contributed by atoms with Crippen molar-refractivity contribution in [2.24, 2.45) is 0 Å². The average Bonchev–Trinajstić information content (AvgIpc) is 2.32. The molecule has 0 fully saturated rings.